The highest BCUT2D eigenvalue weighted by atomic mass is 127. The van der Waals surface area contributed by atoms with Gasteiger partial charge < -0.3 is 0 Å². The third kappa shape index (κ3) is 2.20. The predicted molar refractivity (Wildman–Crippen MR) is 64.9 cm³/mol. The lowest BCUT2D eigenvalue weighted by atomic mass is 9.73. The van der Waals surface area contributed by atoms with Gasteiger partial charge in [-0.05, 0) is 31.1 Å². The van der Waals surface area contributed by atoms with Crippen molar-refractivity contribution in [2.24, 2.45) is 11.8 Å². The second-order valence-corrected chi connectivity index (χ2v) is 5.92. The standard InChI is InChI=1S/C11H20IN/c1-2-11-7-9-5-3-4-6-10(9)8-13(11)12/h9-11H,2-8H2,1H3. The highest BCUT2D eigenvalue weighted by molar-refractivity contribution is 14.1. The quantitative estimate of drug-likeness (QED) is 0.527. The normalized spacial score (nSPS) is 41.5. The molecule has 1 nitrogen and oxygen atoms in total. The van der Waals surface area contributed by atoms with Gasteiger partial charge in [-0.25, -0.2) is 3.11 Å². The van der Waals surface area contributed by atoms with Gasteiger partial charge in [0.1, 0.15) is 0 Å². The summed E-state index contributed by atoms with van der Waals surface area (Å²) in [5, 5.41) is 0. The topological polar surface area (TPSA) is 3.24 Å². The Labute approximate surface area is 95.8 Å². The van der Waals surface area contributed by atoms with Gasteiger partial charge in [-0.15, -0.1) is 0 Å². The first kappa shape index (κ1) is 10.2. The van der Waals surface area contributed by atoms with E-state index in [-0.39, 0.29) is 0 Å². The molecule has 1 aliphatic carbocycles. The first-order valence-electron chi connectivity index (χ1n) is 5.73. The molecule has 76 valence electrons. The Balaban J connectivity index is 1.97. The summed E-state index contributed by atoms with van der Waals surface area (Å²) >= 11 is 2.54. The molecule has 0 aromatic heterocycles. The average molecular weight is 293 g/mol. The molecule has 1 aliphatic heterocycles. The van der Waals surface area contributed by atoms with Crippen molar-refractivity contribution in [2.75, 3.05) is 6.54 Å². The van der Waals surface area contributed by atoms with Crippen LogP contribution in [0.3, 0.4) is 0 Å². The second kappa shape index (κ2) is 4.47. The number of piperidine rings is 1. The summed E-state index contributed by atoms with van der Waals surface area (Å²) in [6.07, 6.45) is 8.82. The number of fused-ring (bicyclic) bond motifs is 1. The number of hydrogen-bond acceptors (Lipinski definition) is 1. The third-order valence-electron chi connectivity index (χ3n) is 3.92. The maximum Gasteiger partial charge on any atom is 0.0204 e. The minimum atomic E-state index is 0.875. The van der Waals surface area contributed by atoms with Gasteiger partial charge in [0.15, 0.2) is 0 Å². The van der Waals surface area contributed by atoms with E-state index in [1.165, 1.54) is 45.1 Å². The first-order valence-corrected chi connectivity index (χ1v) is 6.70. The van der Waals surface area contributed by atoms with Gasteiger partial charge in [0.2, 0.25) is 0 Å². The van der Waals surface area contributed by atoms with Crippen LogP contribution in [0.5, 0.6) is 0 Å². The maximum absolute atomic E-state index is 2.57. The Morgan fingerprint density at radius 2 is 1.92 bits per heavy atom. The van der Waals surface area contributed by atoms with Crippen LogP contribution in [0.1, 0.15) is 45.4 Å². The molecule has 0 radical (unpaired) electrons. The zero-order valence-electron chi connectivity index (χ0n) is 8.51. The fourth-order valence-electron chi connectivity index (χ4n) is 3.04. The summed E-state index contributed by atoms with van der Waals surface area (Å²) < 4.78 is 2.57. The van der Waals surface area contributed by atoms with E-state index in [1.807, 2.05) is 0 Å². The van der Waals surface area contributed by atoms with E-state index in [9.17, 15) is 0 Å². The van der Waals surface area contributed by atoms with E-state index in [2.05, 4.69) is 32.9 Å². The van der Waals surface area contributed by atoms with E-state index in [0.717, 1.165) is 17.9 Å². The molecule has 0 bridgehead atoms. The highest BCUT2D eigenvalue weighted by Crippen LogP contribution is 2.40. The fourth-order valence-corrected chi connectivity index (χ4v) is 4.16. The van der Waals surface area contributed by atoms with Crippen LogP contribution in [-0.2, 0) is 0 Å². The maximum atomic E-state index is 2.57. The van der Waals surface area contributed by atoms with Gasteiger partial charge in [0, 0.05) is 35.5 Å². The Hall–Kier alpha value is 0.690. The zero-order valence-corrected chi connectivity index (χ0v) is 10.7. The summed E-state index contributed by atoms with van der Waals surface area (Å²) in [7, 11) is 0. The van der Waals surface area contributed by atoms with Crippen molar-refractivity contribution < 1.29 is 0 Å². The lowest BCUT2D eigenvalue weighted by Gasteiger charge is -2.43. The van der Waals surface area contributed by atoms with Gasteiger partial charge in [-0.3, -0.25) is 0 Å². The van der Waals surface area contributed by atoms with Crippen molar-refractivity contribution in [3.05, 3.63) is 0 Å². The van der Waals surface area contributed by atoms with Crippen LogP contribution < -0.4 is 0 Å². The summed E-state index contributed by atoms with van der Waals surface area (Å²) in [5.74, 6) is 2.11. The van der Waals surface area contributed by atoms with Crippen LogP contribution in [0.15, 0.2) is 0 Å². The molecule has 2 aliphatic rings. The molecular weight excluding hydrogens is 273 g/mol. The summed E-state index contributed by atoms with van der Waals surface area (Å²) in [6.45, 7) is 3.70. The third-order valence-corrected chi connectivity index (χ3v) is 5.10. The Morgan fingerprint density at radius 3 is 2.62 bits per heavy atom. The lowest BCUT2D eigenvalue weighted by Crippen LogP contribution is -2.42. The molecule has 13 heavy (non-hydrogen) atoms. The molecule has 2 heteroatoms. The minimum absolute atomic E-state index is 0.875. The van der Waals surface area contributed by atoms with E-state index >= 15 is 0 Å². The predicted octanol–water partition coefficient (Wildman–Crippen LogP) is 3.63. The van der Waals surface area contributed by atoms with E-state index in [1.54, 1.807) is 0 Å². The molecule has 0 aromatic carbocycles. The molecule has 1 saturated heterocycles. The highest BCUT2D eigenvalue weighted by Gasteiger charge is 2.34. The van der Waals surface area contributed by atoms with Crippen LogP contribution in [0.4, 0.5) is 0 Å². The molecule has 0 aromatic rings. The van der Waals surface area contributed by atoms with E-state index in [4.69, 9.17) is 0 Å². The van der Waals surface area contributed by atoms with E-state index < -0.39 is 0 Å². The SMILES string of the molecule is CCC1CC2CCCCC2CN1I. The summed E-state index contributed by atoms with van der Waals surface area (Å²) in [6, 6.07) is 0.875. The molecule has 2 rings (SSSR count). The largest absolute Gasteiger partial charge is 0.244 e. The molecule has 0 spiro atoms. The van der Waals surface area contributed by atoms with Crippen LogP contribution in [0.25, 0.3) is 0 Å². The minimum Gasteiger partial charge on any atom is -0.244 e. The van der Waals surface area contributed by atoms with Crippen LogP contribution in [0, 0.1) is 11.8 Å². The molecule has 0 N–H and O–H groups in total. The van der Waals surface area contributed by atoms with Crippen LogP contribution >= 0.6 is 22.9 Å². The number of rotatable bonds is 1. The van der Waals surface area contributed by atoms with Gasteiger partial charge in [-0.2, -0.15) is 0 Å². The smallest absolute Gasteiger partial charge is 0.0204 e. The Bertz CT molecular complexity index is 171. The van der Waals surface area contributed by atoms with Crippen molar-refractivity contribution in [3.8, 4) is 0 Å². The lowest BCUT2D eigenvalue weighted by molar-refractivity contribution is 0.109. The summed E-state index contributed by atoms with van der Waals surface area (Å²) in [4.78, 5) is 0. The van der Waals surface area contributed by atoms with Crippen LogP contribution in [-0.4, -0.2) is 15.7 Å². The van der Waals surface area contributed by atoms with Crippen molar-refractivity contribution in [1.29, 1.82) is 0 Å². The zero-order chi connectivity index (χ0) is 9.26. The van der Waals surface area contributed by atoms with Crippen molar-refractivity contribution in [1.82, 2.24) is 3.11 Å². The van der Waals surface area contributed by atoms with Crippen molar-refractivity contribution >= 4 is 22.9 Å². The van der Waals surface area contributed by atoms with Gasteiger partial charge >= 0.3 is 0 Å². The molecule has 3 atom stereocenters. The molecule has 3 unspecified atom stereocenters. The van der Waals surface area contributed by atoms with Gasteiger partial charge in [-0.1, -0.05) is 26.2 Å². The molecular formula is C11H20IN. The molecule has 2 fully saturated rings. The molecule has 0 amide bonds. The van der Waals surface area contributed by atoms with E-state index in [0.29, 0.717) is 0 Å². The van der Waals surface area contributed by atoms with Gasteiger partial charge in [0.25, 0.3) is 0 Å². The average Bonchev–Trinajstić information content (AvgIpc) is 2.17. The first-order chi connectivity index (χ1) is 6.31. The van der Waals surface area contributed by atoms with Crippen LogP contribution in [0.2, 0.25) is 0 Å². The van der Waals surface area contributed by atoms with Crippen molar-refractivity contribution in [3.63, 3.8) is 0 Å². The number of nitrogens with zero attached hydrogens (tertiary/aromatic N) is 1. The Morgan fingerprint density at radius 1 is 1.23 bits per heavy atom. The fraction of sp³-hybridized carbons (Fsp3) is 1.00. The summed E-state index contributed by atoms with van der Waals surface area (Å²) in [5.41, 5.74) is 0. The number of hydrogen-bond donors (Lipinski definition) is 0. The van der Waals surface area contributed by atoms with Gasteiger partial charge in [0.05, 0.1) is 0 Å². The Kier molecular flexibility index (Phi) is 3.52. The molecule has 1 heterocycles. The van der Waals surface area contributed by atoms with Crippen molar-refractivity contribution in [2.45, 2.75) is 51.5 Å². The molecule has 1 saturated carbocycles. The monoisotopic (exact) mass is 293 g/mol. The number of halogens is 1. The second-order valence-electron chi connectivity index (χ2n) is 4.68.